The summed E-state index contributed by atoms with van der Waals surface area (Å²) < 4.78 is 18.1. The van der Waals surface area contributed by atoms with Gasteiger partial charge in [0, 0.05) is 6.54 Å². The SMILES string of the molecule is COc1ccc(CCNCCO)cc1F. The zero-order chi connectivity index (χ0) is 11.1. The Morgan fingerprint density at radius 2 is 2.20 bits per heavy atom. The molecule has 2 N–H and O–H groups in total. The van der Waals surface area contributed by atoms with Crippen molar-refractivity contribution in [2.45, 2.75) is 6.42 Å². The second-order valence-corrected chi connectivity index (χ2v) is 3.19. The third-order valence-corrected chi connectivity index (χ3v) is 2.10. The molecule has 0 saturated carbocycles. The lowest BCUT2D eigenvalue weighted by Crippen LogP contribution is -2.20. The first-order chi connectivity index (χ1) is 7.27. The lowest BCUT2D eigenvalue weighted by molar-refractivity contribution is 0.293. The van der Waals surface area contributed by atoms with Crippen LogP contribution in [0.25, 0.3) is 0 Å². The van der Waals surface area contributed by atoms with Gasteiger partial charge in [-0.25, -0.2) is 4.39 Å². The van der Waals surface area contributed by atoms with Crippen molar-refractivity contribution in [3.05, 3.63) is 29.6 Å². The van der Waals surface area contributed by atoms with Crippen LogP contribution in [0.4, 0.5) is 4.39 Å². The van der Waals surface area contributed by atoms with Crippen molar-refractivity contribution in [1.29, 1.82) is 0 Å². The molecule has 0 heterocycles. The van der Waals surface area contributed by atoms with Crippen LogP contribution in [-0.2, 0) is 6.42 Å². The molecule has 0 radical (unpaired) electrons. The van der Waals surface area contributed by atoms with Gasteiger partial charge >= 0.3 is 0 Å². The summed E-state index contributed by atoms with van der Waals surface area (Å²) in [5, 5.41) is 11.6. The number of ether oxygens (including phenoxy) is 1. The molecule has 0 aliphatic rings. The first kappa shape index (κ1) is 11.9. The van der Waals surface area contributed by atoms with E-state index in [0.717, 1.165) is 18.5 Å². The highest BCUT2D eigenvalue weighted by molar-refractivity contribution is 5.29. The second kappa shape index (κ2) is 6.37. The summed E-state index contributed by atoms with van der Waals surface area (Å²) in [6.07, 6.45) is 0.737. The van der Waals surface area contributed by atoms with Crippen LogP contribution in [-0.4, -0.2) is 31.9 Å². The zero-order valence-electron chi connectivity index (χ0n) is 8.79. The van der Waals surface area contributed by atoms with Crippen molar-refractivity contribution in [1.82, 2.24) is 5.32 Å². The van der Waals surface area contributed by atoms with E-state index in [2.05, 4.69) is 5.32 Å². The van der Waals surface area contributed by atoms with Crippen molar-refractivity contribution in [2.24, 2.45) is 0 Å². The van der Waals surface area contributed by atoms with Crippen LogP contribution in [0.15, 0.2) is 18.2 Å². The monoisotopic (exact) mass is 213 g/mol. The maximum atomic E-state index is 13.2. The summed E-state index contributed by atoms with van der Waals surface area (Å²) in [5.74, 6) is -0.0702. The van der Waals surface area contributed by atoms with E-state index in [1.807, 2.05) is 6.07 Å². The van der Waals surface area contributed by atoms with Crippen molar-refractivity contribution in [2.75, 3.05) is 26.8 Å². The Hall–Kier alpha value is -1.13. The van der Waals surface area contributed by atoms with Gasteiger partial charge in [0.1, 0.15) is 0 Å². The maximum absolute atomic E-state index is 13.2. The van der Waals surface area contributed by atoms with Crippen LogP contribution in [0.2, 0.25) is 0 Å². The molecular weight excluding hydrogens is 197 g/mol. The zero-order valence-corrected chi connectivity index (χ0v) is 8.79. The molecule has 0 spiro atoms. The van der Waals surface area contributed by atoms with Crippen LogP contribution >= 0.6 is 0 Å². The van der Waals surface area contributed by atoms with Gasteiger partial charge in [0.25, 0.3) is 0 Å². The van der Waals surface area contributed by atoms with Gasteiger partial charge in [-0.1, -0.05) is 6.07 Å². The average molecular weight is 213 g/mol. The van der Waals surface area contributed by atoms with Gasteiger partial charge in [0.2, 0.25) is 0 Å². The third kappa shape index (κ3) is 3.85. The van der Waals surface area contributed by atoms with Crippen molar-refractivity contribution < 1.29 is 14.2 Å². The molecule has 0 aliphatic heterocycles. The Morgan fingerprint density at radius 1 is 1.40 bits per heavy atom. The molecule has 1 aromatic rings. The fourth-order valence-corrected chi connectivity index (χ4v) is 1.30. The van der Waals surface area contributed by atoms with E-state index in [-0.39, 0.29) is 18.2 Å². The summed E-state index contributed by atoms with van der Waals surface area (Å²) in [6.45, 7) is 1.42. The number of hydrogen-bond donors (Lipinski definition) is 2. The molecule has 0 aromatic heterocycles. The lowest BCUT2D eigenvalue weighted by atomic mass is 10.1. The standard InChI is InChI=1S/C11H16FNO2/c1-15-11-3-2-9(8-10(11)12)4-5-13-6-7-14/h2-3,8,13-14H,4-7H2,1H3. The number of rotatable bonds is 6. The predicted octanol–water partition coefficient (Wildman–Crippen LogP) is 0.959. The van der Waals surface area contributed by atoms with E-state index in [9.17, 15) is 4.39 Å². The van der Waals surface area contributed by atoms with Crippen molar-refractivity contribution >= 4 is 0 Å². The van der Waals surface area contributed by atoms with Gasteiger partial charge in [-0.3, -0.25) is 0 Å². The first-order valence-electron chi connectivity index (χ1n) is 4.92. The quantitative estimate of drug-likeness (QED) is 0.691. The number of benzene rings is 1. The minimum absolute atomic E-state index is 0.122. The fraction of sp³-hybridized carbons (Fsp3) is 0.455. The molecule has 0 saturated heterocycles. The second-order valence-electron chi connectivity index (χ2n) is 3.19. The highest BCUT2D eigenvalue weighted by Gasteiger charge is 2.02. The van der Waals surface area contributed by atoms with E-state index in [0.29, 0.717) is 6.54 Å². The van der Waals surface area contributed by atoms with Gasteiger partial charge in [0.15, 0.2) is 11.6 Å². The van der Waals surface area contributed by atoms with Crippen LogP contribution in [0.1, 0.15) is 5.56 Å². The Kier molecular flexibility index (Phi) is 5.07. The van der Waals surface area contributed by atoms with Crippen LogP contribution in [0.3, 0.4) is 0 Å². The largest absolute Gasteiger partial charge is 0.494 e. The van der Waals surface area contributed by atoms with Gasteiger partial charge < -0.3 is 15.2 Å². The summed E-state index contributed by atoms with van der Waals surface area (Å²) >= 11 is 0. The molecule has 0 unspecified atom stereocenters. The molecule has 4 heteroatoms. The number of methoxy groups -OCH3 is 1. The Bertz CT molecular complexity index is 305. The molecule has 84 valence electrons. The topological polar surface area (TPSA) is 41.5 Å². The summed E-state index contributed by atoms with van der Waals surface area (Å²) in [6, 6.07) is 4.93. The summed E-state index contributed by atoms with van der Waals surface area (Å²) in [4.78, 5) is 0. The molecule has 0 fully saturated rings. The molecule has 3 nitrogen and oxygen atoms in total. The van der Waals surface area contributed by atoms with Crippen LogP contribution in [0.5, 0.6) is 5.75 Å². The molecule has 1 aromatic carbocycles. The number of nitrogens with one attached hydrogen (secondary N) is 1. The minimum Gasteiger partial charge on any atom is -0.494 e. The van der Waals surface area contributed by atoms with E-state index in [1.54, 1.807) is 6.07 Å². The van der Waals surface area contributed by atoms with Crippen LogP contribution in [0, 0.1) is 5.82 Å². The summed E-state index contributed by atoms with van der Waals surface area (Å²) in [5.41, 5.74) is 0.915. The van der Waals surface area contributed by atoms with Gasteiger partial charge in [-0.05, 0) is 30.7 Å². The minimum atomic E-state index is -0.336. The highest BCUT2D eigenvalue weighted by atomic mass is 19.1. The number of aliphatic hydroxyl groups is 1. The number of hydrogen-bond acceptors (Lipinski definition) is 3. The Morgan fingerprint density at radius 3 is 2.80 bits per heavy atom. The van der Waals surface area contributed by atoms with Gasteiger partial charge in [-0.15, -0.1) is 0 Å². The number of halogens is 1. The molecule has 0 aliphatic carbocycles. The smallest absolute Gasteiger partial charge is 0.165 e. The molecule has 0 amide bonds. The molecular formula is C11H16FNO2. The number of aliphatic hydroxyl groups excluding tert-OH is 1. The van der Waals surface area contributed by atoms with Crippen molar-refractivity contribution in [3.8, 4) is 5.75 Å². The Balaban J connectivity index is 2.45. The lowest BCUT2D eigenvalue weighted by Gasteiger charge is -2.05. The predicted molar refractivity (Wildman–Crippen MR) is 56.6 cm³/mol. The molecule has 15 heavy (non-hydrogen) atoms. The first-order valence-corrected chi connectivity index (χ1v) is 4.92. The van der Waals surface area contributed by atoms with Gasteiger partial charge in [-0.2, -0.15) is 0 Å². The molecule has 0 bridgehead atoms. The van der Waals surface area contributed by atoms with Gasteiger partial charge in [0.05, 0.1) is 13.7 Å². The molecule has 0 atom stereocenters. The van der Waals surface area contributed by atoms with E-state index >= 15 is 0 Å². The van der Waals surface area contributed by atoms with Crippen molar-refractivity contribution in [3.63, 3.8) is 0 Å². The third-order valence-electron chi connectivity index (χ3n) is 2.10. The Labute approximate surface area is 88.9 Å². The van der Waals surface area contributed by atoms with E-state index in [1.165, 1.54) is 13.2 Å². The normalized spacial score (nSPS) is 10.3. The fourth-order valence-electron chi connectivity index (χ4n) is 1.30. The summed E-state index contributed by atoms with van der Waals surface area (Å²) in [7, 11) is 1.45. The van der Waals surface area contributed by atoms with Crippen LogP contribution < -0.4 is 10.1 Å². The van der Waals surface area contributed by atoms with E-state index < -0.39 is 0 Å². The molecule has 1 rings (SSSR count). The maximum Gasteiger partial charge on any atom is 0.165 e. The highest BCUT2D eigenvalue weighted by Crippen LogP contribution is 2.17. The van der Waals surface area contributed by atoms with E-state index in [4.69, 9.17) is 9.84 Å². The average Bonchev–Trinajstić information content (AvgIpc) is 2.25.